The Bertz CT molecular complexity index is 540. The zero-order chi connectivity index (χ0) is 14.0. The molecule has 2 heterocycles. The lowest BCUT2D eigenvalue weighted by Gasteiger charge is -2.11. The van der Waals surface area contributed by atoms with Gasteiger partial charge in [0.1, 0.15) is 0 Å². The van der Waals surface area contributed by atoms with Crippen LogP contribution in [0.15, 0.2) is 11.2 Å². The molecule has 0 radical (unpaired) electrons. The molecular weight excluding hydrogens is 264 g/mol. The molecule has 1 atom stereocenters. The number of ether oxygens (including phenoxy) is 1. The molecule has 0 bridgehead atoms. The van der Waals surface area contributed by atoms with Crippen LogP contribution in [-0.4, -0.2) is 29.3 Å². The maximum Gasteiger partial charge on any atom is 0.341 e. The predicted octanol–water partition coefficient (Wildman–Crippen LogP) is 3.06. The Labute approximate surface area is 117 Å². The van der Waals surface area contributed by atoms with Gasteiger partial charge in [-0.25, -0.2) is 4.79 Å². The minimum atomic E-state index is -0.437. The van der Waals surface area contributed by atoms with Gasteiger partial charge in [0.25, 0.3) is 0 Å². The van der Waals surface area contributed by atoms with Gasteiger partial charge >= 0.3 is 5.97 Å². The van der Waals surface area contributed by atoms with Crippen LogP contribution in [0.25, 0.3) is 0 Å². The van der Waals surface area contributed by atoms with E-state index in [1.807, 2.05) is 6.92 Å². The SMILES string of the molecule is CCOC(=O)c1cnc2c(c1Cl)C(C)=NC(C)CC2. The number of pyridine rings is 1. The fraction of sp³-hybridized carbons (Fsp3) is 0.500. The van der Waals surface area contributed by atoms with E-state index in [9.17, 15) is 4.79 Å². The van der Waals surface area contributed by atoms with Crippen molar-refractivity contribution in [3.63, 3.8) is 0 Å². The summed E-state index contributed by atoms with van der Waals surface area (Å²) in [6.07, 6.45) is 3.26. The van der Waals surface area contributed by atoms with Gasteiger partial charge in [-0.15, -0.1) is 0 Å². The molecule has 1 aromatic heterocycles. The maximum absolute atomic E-state index is 11.8. The van der Waals surface area contributed by atoms with Crippen LogP contribution in [0.2, 0.25) is 5.02 Å². The first-order chi connectivity index (χ1) is 9.04. The van der Waals surface area contributed by atoms with Crippen molar-refractivity contribution >= 4 is 23.3 Å². The van der Waals surface area contributed by atoms with Gasteiger partial charge in [-0.1, -0.05) is 11.6 Å². The van der Waals surface area contributed by atoms with Crippen LogP contribution in [0.1, 0.15) is 48.8 Å². The van der Waals surface area contributed by atoms with Crippen molar-refractivity contribution in [1.29, 1.82) is 0 Å². The van der Waals surface area contributed by atoms with Gasteiger partial charge < -0.3 is 4.74 Å². The summed E-state index contributed by atoms with van der Waals surface area (Å²) in [5.41, 5.74) is 2.84. The van der Waals surface area contributed by atoms with Crippen molar-refractivity contribution in [3.05, 3.63) is 28.0 Å². The van der Waals surface area contributed by atoms with Gasteiger partial charge in [0.15, 0.2) is 0 Å². The van der Waals surface area contributed by atoms with Crippen LogP contribution in [0.5, 0.6) is 0 Å². The molecule has 1 aromatic rings. The highest BCUT2D eigenvalue weighted by Gasteiger charge is 2.22. The van der Waals surface area contributed by atoms with Crippen molar-refractivity contribution in [1.82, 2.24) is 4.98 Å². The van der Waals surface area contributed by atoms with Gasteiger partial charge in [-0.3, -0.25) is 9.98 Å². The number of fused-ring (bicyclic) bond motifs is 1. The number of carbonyl (C=O) groups is 1. The smallest absolute Gasteiger partial charge is 0.341 e. The normalized spacial score (nSPS) is 18.3. The Morgan fingerprint density at radius 3 is 3.00 bits per heavy atom. The topological polar surface area (TPSA) is 51.5 Å². The van der Waals surface area contributed by atoms with E-state index in [4.69, 9.17) is 16.3 Å². The molecule has 0 saturated heterocycles. The third-order valence-electron chi connectivity index (χ3n) is 3.16. The molecule has 1 unspecified atom stereocenters. The van der Waals surface area contributed by atoms with E-state index in [1.165, 1.54) is 6.20 Å². The summed E-state index contributed by atoms with van der Waals surface area (Å²) >= 11 is 6.35. The molecule has 0 aromatic carbocycles. The van der Waals surface area contributed by atoms with Gasteiger partial charge in [-0.2, -0.15) is 0 Å². The molecule has 2 rings (SSSR count). The van der Waals surface area contributed by atoms with E-state index < -0.39 is 5.97 Å². The predicted molar refractivity (Wildman–Crippen MR) is 75.2 cm³/mol. The van der Waals surface area contributed by atoms with Gasteiger partial charge in [0.05, 0.1) is 22.9 Å². The molecule has 5 heteroatoms. The van der Waals surface area contributed by atoms with Crippen molar-refractivity contribution in [2.75, 3.05) is 6.61 Å². The monoisotopic (exact) mass is 280 g/mol. The largest absolute Gasteiger partial charge is 0.462 e. The Kier molecular flexibility index (Phi) is 4.20. The first-order valence-electron chi connectivity index (χ1n) is 6.43. The highest BCUT2D eigenvalue weighted by atomic mass is 35.5. The molecule has 0 N–H and O–H groups in total. The fourth-order valence-corrected chi connectivity index (χ4v) is 2.61. The zero-order valence-corrected chi connectivity index (χ0v) is 12.1. The molecule has 102 valence electrons. The summed E-state index contributed by atoms with van der Waals surface area (Å²) in [6.45, 7) is 6.05. The number of hydrogen-bond acceptors (Lipinski definition) is 4. The number of hydrogen-bond donors (Lipinski definition) is 0. The molecule has 0 fully saturated rings. The molecular formula is C14H17ClN2O2. The molecule has 0 aliphatic carbocycles. The number of aliphatic imine (C=N–C) groups is 1. The average molecular weight is 281 g/mol. The first kappa shape index (κ1) is 14.0. The first-order valence-corrected chi connectivity index (χ1v) is 6.81. The molecule has 0 amide bonds. The average Bonchev–Trinajstić information content (AvgIpc) is 2.49. The van der Waals surface area contributed by atoms with Crippen LogP contribution in [0.3, 0.4) is 0 Å². The third-order valence-corrected chi connectivity index (χ3v) is 3.56. The van der Waals surface area contributed by atoms with Crippen molar-refractivity contribution < 1.29 is 9.53 Å². The Morgan fingerprint density at radius 2 is 2.32 bits per heavy atom. The van der Waals surface area contributed by atoms with Crippen molar-refractivity contribution in [3.8, 4) is 0 Å². The van der Waals surface area contributed by atoms with Crippen molar-refractivity contribution in [2.45, 2.75) is 39.7 Å². The van der Waals surface area contributed by atoms with Crippen LogP contribution < -0.4 is 0 Å². The van der Waals surface area contributed by atoms with Crippen LogP contribution in [0, 0.1) is 0 Å². The van der Waals surface area contributed by atoms with Gasteiger partial charge in [-0.05, 0) is 33.6 Å². The lowest BCUT2D eigenvalue weighted by Crippen LogP contribution is -2.11. The molecule has 1 aliphatic heterocycles. The van der Waals surface area contributed by atoms with E-state index in [0.717, 1.165) is 29.8 Å². The number of aryl methyl sites for hydroxylation is 1. The van der Waals surface area contributed by atoms with E-state index >= 15 is 0 Å². The molecule has 0 spiro atoms. The number of carbonyl (C=O) groups excluding carboxylic acids is 1. The van der Waals surface area contributed by atoms with E-state index in [1.54, 1.807) is 6.92 Å². The molecule has 19 heavy (non-hydrogen) atoms. The summed E-state index contributed by atoms with van der Waals surface area (Å²) in [5, 5.41) is 0.402. The van der Waals surface area contributed by atoms with Crippen LogP contribution >= 0.6 is 11.6 Å². The highest BCUT2D eigenvalue weighted by molar-refractivity contribution is 6.37. The number of rotatable bonds is 2. The van der Waals surface area contributed by atoms with Gasteiger partial charge in [0.2, 0.25) is 0 Å². The van der Waals surface area contributed by atoms with E-state index in [-0.39, 0.29) is 6.04 Å². The maximum atomic E-state index is 11.8. The Balaban J connectivity index is 2.52. The third kappa shape index (κ3) is 2.78. The summed E-state index contributed by atoms with van der Waals surface area (Å²) in [7, 11) is 0. The van der Waals surface area contributed by atoms with Gasteiger partial charge in [0, 0.05) is 23.5 Å². The second kappa shape index (κ2) is 5.70. The summed E-state index contributed by atoms with van der Waals surface area (Å²) in [6, 6.07) is 0.247. The fourth-order valence-electron chi connectivity index (χ4n) is 2.24. The minimum Gasteiger partial charge on any atom is -0.462 e. The second-order valence-corrected chi connectivity index (χ2v) is 5.01. The number of halogens is 1. The lowest BCUT2D eigenvalue weighted by atomic mass is 10.0. The highest BCUT2D eigenvalue weighted by Crippen LogP contribution is 2.28. The summed E-state index contributed by atoms with van der Waals surface area (Å²) < 4.78 is 4.98. The van der Waals surface area contributed by atoms with Crippen LogP contribution in [-0.2, 0) is 11.2 Å². The Hall–Kier alpha value is -1.42. The molecule has 1 aliphatic rings. The quantitative estimate of drug-likeness (QED) is 0.783. The van der Waals surface area contributed by atoms with E-state index in [0.29, 0.717) is 17.2 Å². The standard InChI is InChI=1S/C14H17ClN2O2/c1-4-19-14(18)10-7-16-11-6-5-8(2)17-9(3)12(11)13(10)15/h7-8H,4-6H2,1-3H3. The number of aromatic nitrogens is 1. The Morgan fingerprint density at radius 1 is 1.58 bits per heavy atom. The summed E-state index contributed by atoms with van der Waals surface area (Å²) in [4.78, 5) is 20.7. The zero-order valence-electron chi connectivity index (χ0n) is 11.4. The van der Waals surface area contributed by atoms with Crippen LogP contribution in [0.4, 0.5) is 0 Å². The second-order valence-electron chi connectivity index (χ2n) is 4.63. The molecule has 4 nitrogen and oxygen atoms in total. The number of nitrogens with zero attached hydrogens (tertiary/aromatic N) is 2. The van der Waals surface area contributed by atoms with E-state index in [2.05, 4.69) is 16.9 Å². The van der Waals surface area contributed by atoms with Crippen molar-refractivity contribution in [2.24, 2.45) is 4.99 Å². The molecule has 0 saturated carbocycles. The summed E-state index contributed by atoms with van der Waals surface area (Å²) in [5.74, 6) is -0.437. The number of esters is 1. The lowest BCUT2D eigenvalue weighted by molar-refractivity contribution is 0.0526. The minimum absolute atomic E-state index is 0.247.